The van der Waals surface area contributed by atoms with Crippen LogP contribution in [0.5, 0.6) is 0 Å². The van der Waals surface area contributed by atoms with E-state index >= 15 is 0 Å². The van der Waals surface area contributed by atoms with Gasteiger partial charge in [-0.2, -0.15) is 0 Å². The SMILES string of the molecule is CC1CNC(C)(CC2CCNC2)OC1.Cl. The molecule has 0 bridgehead atoms. The summed E-state index contributed by atoms with van der Waals surface area (Å²) in [7, 11) is 0. The Kier molecular flexibility index (Phi) is 4.84. The van der Waals surface area contributed by atoms with Crippen molar-refractivity contribution in [3.05, 3.63) is 0 Å². The molecule has 15 heavy (non-hydrogen) atoms. The summed E-state index contributed by atoms with van der Waals surface area (Å²) in [6.45, 7) is 8.76. The van der Waals surface area contributed by atoms with Crippen LogP contribution in [0.4, 0.5) is 0 Å². The molecular weight excluding hydrogens is 212 g/mol. The van der Waals surface area contributed by atoms with Gasteiger partial charge in [-0.25, -0.2) is 0 Å². The third-order valence-corrected chi connectivity index (χ3v) is 3.35. The highest BCUT2D eigenvalue weighted by molar-refractivity contribution is 5.85. The third-order valence-electron chi connectivity index (χ3n) is 3.35. The van der Waals surface area contributed by atoms with Crippen molar-refractivity contribution in [2.75, 3.05) is 26.2 Å². The van der Waals surface area contributed by atoms with Crippen LogP contribution in [0.2, 0.25) is 0 Å². The quantitative estimate of drug-likeness (QED) is 0.758. The standard InChI is InChI=1S/C11H22N2O.ClH/c1-9-6-13-11(2,14-8-9)5-10-3-4-12-7-10;/h9-10,12-13H,3-8H2,1-2H3;1H. The minimum absolute atomic E-state index is 0. The molecule has 2 aliphatic rings. The lowest BCUT2D eigenvalue weighted by molar-refractivity contribution is -0.112. The van der Waals surface area contributed by atoms with Crippen LogP contribution in [0.1, 0.15) is 26.7 Å². The zero-order chi connectivity index (χ0) is 10.0. The van der Waals surface area contributed by atoms with E-state index in [0.717, 1.165) is 32.0 Å². The number of rotatable bonds is 2. The van der Waals surface area contributed by atoms with Gasteiger partial charge in [0.05, 0.1) is 6.61 Å². The number of nitrogens with one attached hydrogen (secondary N) is 2. The lowest BCUT2D eigenvalue weighted by Crippen LogP contribution is -2.53. The monoisotopic (exact) mass is 234 g/mol. The third kappa shape index (κ3) is 3.59. The van der Waals surface area contributed by atoms with Crippen LogP contribution in [0.15, 0.2) is 0 Å². The smallest absolute Gasteiger partial charge is 0.116 e. The normalized spacial score (nSPS) is 41.2. The van der Waals surface area contributed by atoms with E-state index in [1.807, 2.05) is 0 Å². The van der Waals surface area contributed by atoms with Gasteiger partial charge < -0.3 is 10.1 Å². The molecule has 0 radical (unpaired) electrons. The van der Waals surface area contributed by atoms with Crippen molar-refractivity contribution in [3.63, 3.8) is 0 Å². The largest absolute Gasteiger partial charge is 0.361 e. The van der Waals surface area contributed by atoms with E-state index in [9.17, 15) is 0 Å². The molecule has 2 heterocycles. The van der Waals surface area contributed by atoms with E-state index < -0.39 is 0 Å². The molecule has 2 fully saturated rings. The highest BCUT2D eigenvalue weighted by Gasteiger charge is 2.33. The van der Waals surface area contributed by atoms with Crippen LogP contribution >= 0.6 is 12.4 Å². The number of hydrogen-bond acceptors (Lipinski definition) is 3. The van der Waals surface area contributed by atoms with Crippen molar-refractivity contribution < 1.29 is 4.74 Å². The maximum atomic E-state index is 5.90. The second-order valence-electron chi connectivity index (χ2n) is 5.09. The van der Waals surface area contributed by atoms with Crippen LogP contribution in [0, 0.1) is 11.8 Å². The molecule has 3 atom stereocenters. The van der Waals surface area contributed by atoms with Crippen molar-refractivity contribution in [2.24, 2.45) is 11.8 Å². The molecule has 0 aromatic heterocycles. The summed E-state index contributed by atoms with van der Waals surface area (Å²) in [6, 6.07) is 0. The Morgan fingerprint density at radius 3 is 2.73 bits per heavy atom. The molecule has 0 saturated carbocycles. The van der Waals surface area contributed by atoms with Crippen LogP contribution in [-0.4, -0.2) is 32.0 Å². The fourth-order valence-corrected chi connectivity index (χ4v) is 2.40. The van der Waals surface area contributed by atoms with Gasteiger partial charge in [0.1, 0.15) is 5.72 Å². The highest BCUT2D eigenvalue weighted by atomic mass is 35.5. The van der Waals surface area contributed by atoms with E-state index in [2.05, 4.69) is 24.5 Å². The number of halogens is 1. The summed E-state index contributed by atoms with van der Waals surface area (Å²) in [4.78, 5) is 0. The average Bonchev–Trinajstić information content (AvgIpc) is 2.63. The molecule has 4 heteroatoms. The fraction of sp³-hybridized carbons (Fsp3) is 1.00. The minimum atomic E-state index is -0.0663. The number of ether oxygens (including phenoxy) is 1. The van der Waals surface area contributed by atoms with Crippen LogP contribution in [0.25, 0.3) is 0 Å². The van der Waals surface area contributed by atoms with Crippen molar-refractivity contribution in [1.82, 2.24) is 10.6 Å². The van der Waals surface area contributed by atoms with Gasteiger partial charge in [0.25, 0.3) is 0 Å². The molecule has 2 rings (SSSR count). The first kappa shape index (κ1) is 13.2. The van der Waals surface area contributed by atoms with Crippen molar-refractivity contribution in [1.29, 1.82) is 0 Å². The summed E-state index contributed by atoms with van der Waals surface area (Å²) >= 11 is 0. The molecule has 2 saturated heterocycles. The summed E-state index contributed by atoms with van der Waals surface area (Å²) in [5, 5.41) is 6.93. The van der Waals surface area contributed by atoms with Crippen LogP contribution in [-0.2, 0) is 4.74 Å². The predicted octanol–water partition coefficient (Wildman–Crippen LogP) is 1.38. The fourth-order valence-electron chi connectivity index (χ4n) is 2.40. The molecule has 3 unspecified atom stereocenters. The molecule has 2 N–H and O–H groups in total. The maximum absolute atomic E-state index is 5.90. The van der Waals surface area contributed by atoms with Gasteiger partial charge in [0.2, 0.25) is 0 Å². The van der Waals surface area contributed by atoms with E-state index in [0.29, 0.717) is 5.92 Å². The Hall–Kier alpha value is 0.170. The van der Waals surface area contributed by atoms with Gasteiger partial charge in [-0.3, -0.25) is 5.32 Å². The zero-order valence-electron chi connectivity index (χ0n) is 9.71. The van der Waals surface area contributed by atoms with Gasteiger partial charge in [-0.05, 0) is 44.7 Å². The summed E-state index contributed by atoms with van der Waals surface area (Å²) in [5.41, 5.74) is -0.0663. The van der Waals surface area contributed by atoms with E-state index in [4.69, 9.17) is 4.74 Å². The van der Waals surface area contributed by atoms with Gasteiger partial charge in [-0.1, -0.05) is 6.92 Å². The Labute approximate surface area is 98.7 Å². The topological polar surface area (TPSA) is 33.3 Å². The Morgan fingerprint density at radius 2 is 2.20 bits per heavy atom. The van der Waals surface area contributed by atoms with Gasteiger partial charge in [-0.15, -0.1) is 12.4 Å². The van der Waals surface area contributed by atoms with E-state index in [1.54, 1.807) is 0 Å². The van der Waals surface area contributed by atoms with Gasteiger partial charge in [0, 0.05) is 6.54 Å². The van der Waals surface area contributed by atoms with Gasteiger partial charge >= 0.3 is 0 Å². The number of hydrogen-bond donors (Lipinski definition) is 2. The first-order chi connectivity index (χ1) is 6.68. The average molecular weight is 235 g/mol. The van der Waals surface area contributed by atoms with Crippen molar-refractivity contribution in [3.8, 4) is 0 Å². The van der Waals surface area contributed by atoms with E-state index in [1.165, 1.54) is 13.0 Å². The lowest BCUT2D eigenvalue weighted by atomic mass is 9.95. The molecular formula is C11H23ClN2O. The summed E-state index contributed by atoms with van der Waals surface area (Å²) in [5.74, 6) is 1.45. The molecule has 2 aliphatic heterocycles. The lowest BCUT2D eigenvalue weighted by Gasteiger charge is -2.39. The molecule has 0 aromatic carbocycles. The Balaban J connectivity index is 0.00000112. The molecule has 90 valence electrons. The zero-order valence-corrected chi connectivity index (χ0v) is 10.5. The van der Waals surface area contributed by atoms with Crippen molar-refractivity contribution >= 4 is 12.4 Å². The summed E-state index contributed by atoms with van der Waals surface area (Å²) < 4.78 is 5.90. The first-order valence-electron chi connectivity index (χ1n) is 5.78. The van der Waals surface area contributed by atoms with Gasteiger partial charge in [0.15, 0.2) is 0 Å². The highest BCUT2D eigenvalue weighted by Crippen LogP contribution is 2.25. The second-order valence-corrected chi connectivity index (χ2v) is 5.09. The van der Waals surface area contributed by atoms with E-state index in [-0.39, 0.29) is 18.1 Å². The maximum Gasteiger partial charge on any atom is 0.116 e. The van der Waals surface area contributed by atoms with Crippen molar-refractivity contribution in [2.45, 2.75) is 32.4 Å². The van der Waals surface area contributed by atoms with Crippen LogP contribution < -0.4 is 10.6 Å². The molecule has 3 nitrogen and oxygen atoms in total. The Morgan fingerprint density at radius 1 is 1.40 bits per heavy atom. The molecule has 0 aromatic rings. The van der Waals surface area contributed by atoms with Crippen LogP contribution in [0.3, 0.4) is 0 Å². The molecule has 0 spiro atoms. The Bertz CT molecular complexity index is 187. The predicted molar refractivity (Wildman–Crippen MR) is 64.4 cm³/mol. The first-order valence-corrected chi connectivity index (χ1v) is 5.78. The second kappa shape index (κ2) is 5.48. The molecule has 0 aliphatic carbocycles. The minimum Gasteiger partial charge on any atom is -0.361 e. The molecule has 0 amide bonds. The summed E-state index contributed by atoms with van der Waals surface area (Å²) in [6.07, 6.45) is 2.45.